The van der Waals surface area contributed by atoms with E-state index in [0.29, 0.717) is 24.6 Å². The summed E-state index contributed by atoms with van der Waals surface area (Å²) in [6.07, 6.45) is 0.441. The Morgan fingerprint density at radius 2 is 2.21 bits per heavy atom. The lowest BCUT2D eigenvalue weighted by Gasteiger charge is -2.04. The molecule has 2 N–H and O–H groups in total. The summed E-state index contributed by atoms with van der Waals surface area (Å²) in [5, 5.41) is 5.77. The van der Waals surface area contributed by atoms with Crippen molar-refractivity contribution in [3.63, 3.8) is 0 Å². The van der Waals surface area contributed by atoms with E-state index in [9.17, 15) is 4.79 Å². The molecular formula is C13H18N4O2. The summed E-state index contributed by atoms with van der Waals surface area (Å²) >= 11 is 0. The van der Waals surface area contributed by atoms with Crippen molar-refractivity contribution in [1.82, 2.24) is 10.3 Å². The quantitative estimate of drug-likeness (QED) is 0.853. The van der Waals surface area contributed by atoms with Crippen LogP contribution >= 0.6 is 0 Å². The van der Waals surface area contributed by atoms with Gasteiger partial charge in [-0.05, 0) is 25.2 Å². The number of rotatable bonds is 5. The van der Waals surface area contributed by atoms with Gasteiger partial charge in [0.25, 0.3) is 6.01 Å². The van der Waals surface area contributed by atoms with E-state index < -0.39 is 0 Å². The molecule has 102 valence electrons. The third kappa shape index (κ3) is 3.23. The number of aromatic nitrogens is 1. The lowest BCUT2D eigenvalue weighted by molar-refractivity contribution is -0.116. The average Bonchev–Trinajstić information content (AvgIpc) is 2.79. The molecule has 0 saturated carbocycles. The van der Waals surface area contributed by atoms with Gasteiger partial charge in [-0.15, -0.1) is 0 Å². The van der Waals surface area contributed by atoms with Crippen LogP contribution in [0.4, 0.5) is 11.7 Å². The van der Waals surface area contributed by atoms with Gasteiger partial charge in [-0.3, -0.25) is 4.79 Å². The van der Waals surface area contributed by atoms with E-state index in [4.69, 9.17) is 4.42 Å². The largest absolute Gasteiger partial charge is 0.423 e. The number of oxazole rings is 1. The second-order valence-corrected chi connectivity index (χ2v) is 4.48. The number of hydrogen-bond donors (Lipinski definition) is 2. The minimum Gasteiger partial charge on any atom is -0.423 e. The highest BCUT2D eigenvalue weighted by Gasteiger charge is 2.09. The van der Waals surface area contributed by atoms with Crippen molar-refractivity contribution >= 4 is 28.7 Å². The number of hydrogen-bond acceptors (Lipinski definition) is 5. The zero-order chi connectivity index (χ0) is 13.8. The van der Waals surface area contributed by atoms with Crippen LogP contribution in [0, 0.1) is 0 Å². The molecule has 6 nitrogen and oxygen atoms in total. The molecule has 0 unspecified atom stereocenters. The summed E-state index contributed by atoms with van der Waals surface area (Å²) in [4.78, 5) is 17.8. The smallest absolute Gasteiger partial charge is 0.297 e. The maximum Gasteiger partial charge on any atom is 0.297 e. The SMILES string of the molecule is CNCCC(=O)Nc1ccc2oc(N(C)C)nc2c1. The highest BCUT2D eigenvalue weighted by Crippen LogP contribution is 2.23. The summed E-state index contributed by atoms with van der Waals surface area (Å²) in [5.74, 6) is -0.0231. The van der Waals surface area contributed by atoms with Gasteiger partial charge in [0.05, 0.1) is 0 Å². The maximum absolute atomic E-state index is 11.6. The Labute approximate surface area is 111 Å². The second kappa shape index (κ2) is 5.71. The average molecular weight is 262 g/mol. The Kier molecular flexibility index (Phi) is 4.01. The molecule has 0 aliphatic carbocycles. The van der Waals surface area contributed by atoms with Crippen LogP contribution in [0.25, 0.3) is 11.1 Å². The number of carbonyl (C=O) groups is 1. The number of fused-ring (bicyclic) bond motifs is 1. The molecule has 6 heteroatoms. The summed E-state index contributed by atoms with van der Waals surface area (Å²) in [6.45, 7) is 0.656. The highest BCUT2D eigenvalue weighted by molar-refractivity contribution is 5.93. The minimum absolute atomic E-state index is 0.0231. The molecule has 0 radical (unpaired) electrons. The van der Waals surface area contributed by atoms with Crippen molar-refractivity contribution < 1.29 is 9.21 Å². The summed E-state index contributed by atoms with van der Waals surface area (Å²) in [5.41, 5.74) is 2.17. The molecular weight excluding hydrogens is 244 g/mol. The van der Waals surface area contributed by atoms with Gasteiger partial charge in [0.2, 0.25) is 5.91 Å². The molecule has 0 aliphatic rings. The Balaban J connectivity index is 2.14. The molecule has 0 aliphatic heterocycles. The number of nitrogens with one attached hydrogen (secondary N) is 2. The van der Waals surface area contributed by atoms with E-state index in [1.807, 2.05) is 39.3 Å². The van der Waals surface area contributed by atoms with Gasteiger partial charge in [0.15, 0.2) is 5.58 Å². The third-order valence-electron chi connectivity index (χ3n) is 2.64. The second-order valence-electron chi connectivity index (χ2n) is 4.48. The first-order valence-electron chi connectivity index (χ1n) is 6.12. The van der Waals surface area contributed by atoms with Crippen molar-refractivity contribution in [1.29, 1.82) is 0 Å². The van der Waals surface area contributed by atoms with E-state index in [1.165, 1.54) is 0 Å². The Morgan fingerprint density at radius 3 is 2.89 bits per heavy atom. The van der Waals surface area contributed by atoms with Gasteiger partial charge in [0.1, 0.15) is 5.52 Å². The van der Waals surface area contributed by atoms with E-state index in [0.717, 1.165) is 11.2 Å². The Bertz CT molecular complexity index is 577. The van der Waals surface area contributed by atoms with Gasteiger partial charge in [-0.1, -0.05) is 0 Å². The number of anilines is 2. The van der Waals surface area contributed by atoms with Gasteiger partial charge in [-0.2, -0.15) is 4.98 Å². The minimum atomic E-state index is -0.0231. The molecule has 1 aromatic heterocycles. The predicted octanol–water partition coefficient (Wildman–Crippen LogP) is 1.44. The highest BCUT2D eigenvalue weighted by atomic mass is 16.4. The Morgan fingerprint density at radius 1 is 1.42 bits per heavy atom. The topological polar surface area (TPSA) is 70.4 Å². The van der Waals surface area contributed by atoms with Crippen molar-refractivity contribution in [3.05, 3.63) is 18.2 Å². The molecule has 0 bridgehead atoms. The van der Waals surface area contributed by atoms with E-state index in [-0.39, 0.29) is 5.91 Å². The van der Waals surface area contributed by atoms with Crippen molar-refractivity contribution in [2.75, 3.05) is 37.9 Å². The summed E-state index contributed by atoms with van der Waals surface area (Å²) < 4.78 is 5.55. The van der Waals surface area contributed by atoms with Gasteiger partial charge < -0.3 is 20.0 Å². The molecule has 1 heterocycles. The van der Waals surface area contributed by atoms with Crippen LogP contribution in [0.15, 0.2) is 22.6 Å². The molecule has 1 amide bonds. The first-order valence-corrected chi connectivity index (χ1v) is 6.12. The molecule has 0 spiro atoms. The van der Waals surface area contributed by atoms with Crippen molar-refractivity contribution in [3.8, 4) is 0 Å². The monoisotopic (exact) mass is 262 g/mol. The van der Waals surface area contributed by atoms with Crippen molar-refractivity contribution in [2.24, 2.45) is 0 Å². The molecule has 2 rings (SSSR count). The molecule has 0 fully saturated rings. The van der Waals surface area contributed by atoms with Crippen LogP contribution in [0.1, 0.15) is 6.42 Å². The first-order chi connectivity index (χ1) is 9.10. The van der Waals surface area contributed by atoms with Crippen LogP contribution in [0.3, 0.4) is 0 Å². The zero-order valence-corrected chi connectivity index (χ0v) is 11.4. The fourth-order valence-electron chi connectivity index (χ4n) is 1.65. The molecule has 19 heavy (non-hydrogen) atoms. The van der Waals surface area contributed by atoms with Crippen LogP contribution in [-0.4, -0.2) is 38.6 Å². The van der Waals surface area contributed by atoms with Gasteiger partial charge in [-0.25, -0.2) is 0 Å². The van der Waals surface area contributed by atoms with Crippen LogP contribution in [-0.2, 0) is 4.79 Å². The number of benzene rings is 1. The van der Waals surface area contributed by atoms with Gasteiger partial charge in [0, 0.05) is 32.7 Å². The van der Waals surface area contributed by atoms with E-state index >= 15 is 0 Å². The number of carbonyl (C=O) groups excluding carboxylic acids is 1. The first kappa shape index (κ1) is 13.4. The van der Waals surface area contributed by atoms with Gasteiger partial charge >= 0.3 is 0 Å². The standard InChI is InChI=1S/C13H18N4O2/c1-14-7-6-12(18)15-9-4-5-11-10(8-9)16-13(19-11)17(2)3/h4-5,8,14H,6-7H2,1-3H3,(H,15,18). The zero-order valence-electron chi connectivity index (χ0n) is 11.4. The maximum atomic E-state index is 11.6. The Hall–Kier alpha value is -2.08. The molecule has 0 atom stereocenters. The molecule has 0 saturated heterocycles. The van der Waals surface area contributed by atoms with Crippen LogP contribution < -0.4 is 15.5 Å². The number of nitrogens with zero attached hydrogens (tertiary/aromatic N) is 2. The normalized spacial score (nSPS) is 10.7. The molecule has 1 aromatic carbocycles. The van der Waals surface area contributed by atoms with Crippen LogP contribution in [0.5, 0.6) is 0 Å². The molecule has 2 aromatic rings. The fourth-order valence-corrected chi connectivity index (χ4v) is 1.65. The van der Waals surface area contributed by atoms with Crippen LogP contribution in [0.2, 0.25) is 0 Å². The number of amides is 1. The van der Waals surface area contributed by atoms with Crippen molar-refractivity contribution in [2.45, 2.75) is 6.42 Å². The summed E-state index contributed by atoms with van der Waals surface area (Å²) in [6, 6.07) is 5.98. The lowest BCUT2D eigenvalue weighted by atomic mass is 10.2. The predicted molar refractivity (Wildman–Crippen MR) is 75.5 cm³/mol. The van der Waals surface area contributed by atoms with E-state index in [1.54, 1.807) is 4.90 Å². The third-order valence-corrected chi connectivity index (χ3v) is 2.64. The fraction of sp³-hybridized carbons (Fsp3) is 0.385. The lowest BCUT2D eigenvalue weighted by Crippen LogP contribution is -2.18. The van der Waals surface area contributed by atoms with E-state index in [2.05, 4.69) is 15.6 Å². The summed E-state index contributed by atoms with van der Waals surface area (Å²) in [7, 11) is 5.55.